The van der Waals surface area contributed by atoms with E-state index >= 15 is 0 Å². The number of hydrogen-bond donors (Lipinski definition) is 1. The monoisotopic (exact) mass is 432 g/mol. The SMILES string of the molecule is COc1ccc(-c2cc(C(=O)N[C@H](c3nc(-c4ccccc4)no3)C(C)(C)C)no2)cc1. The molecule has 164 valence electrons. The highest BCUT2D eigenvalue weighted by Crippen LogP contribution is 2.33. The van der Waals surface area contributed by atoms with Crippen molar-refractivity contribution in [1.82, 2.24) is 20.6 Å². The van der Waals surface area contributed by atoms with Crippen LogP contribution >= 0.6 is 0 Å². The number of ether oxygens (including phenoxy) is 1. The van der Waals surface area contributed by atoms with Crippen LogP contribution in [0.5, 0.6) is 5.75 Å². The fourth-order valence-corrected chi connectivity index (χ4v) is 3.18. The minimum absolute atomic E-state index is 0.160. The average molecular weight is 432 g/mol. The number of carbonyl (C=O) groups is 1. The van der Waals surface area contributed by atoms with Gasteiger partial charge in [0.25, 0.3) is 5.91 Å². The van der Waals surface area contributed by atoms with Gasteiger partial charge in [-0.25, -0.2) is 0 Å². The topological polar surface area (TPSA) is 103 Å². The highest BCUT2D eigenvalue weighted by Gasteiger charge is 2.34. The molecule has 0 saturated carbocycles. The zero-order chi connectivity index (χ0) is 22.7. The number of amides is 1. The number of benzene rings is 2. The molecule has 2 aromatic heterocycles. The Morgan fingerprint density at radius 3 is 2.34 bits per heavy atom. The molecule has 0 aliphatic carbocycles. The van der Waals surface area contributed by atoms with Crippen molar-refractivity contribution in [3.05, 3.63) is 72.2 Å². The van der Waals surface area contributed by atoms with Gasteiger partial charge in [-0.05, 0) is 29.7 Å². The lowest BCUT2D eigenvalue weighted by Crippen LogP contribution is -2.37. The first-order valence-electron chi connectivity index (χ1n) is 10.2. The zero-order valence-electron chi connectivity index (χ0n) is 18.3. The number of nitrogens with one attached hydrogen (secondary N) is 1. The summed E-state index contributed by atoms with van der Waals surface area (Å²) in [6, 6.07) is 17.9. The largest absolute Gasteiger partial charge is 0.497 e. The van der Waals surface area contributed by atoms with Crippen LogP contribution in [-0.2, 0) is 0 Å². The molecule has 1 amide bonds. The van der Waals surface area contributed by atoms with Gasteiger partial charge in [-0.1, -0.05) is 61.4 Å². The normalized spacial score (nSPS) is 12.4. The predicted octanol–water partition coefficient (Wildman–Crippen LogP) is 4.92. The average Bonchev–Trinajstić information content (AvgIpc) is 3.47. The second-order valence-electron chi connectivity index (χ2n) is 8.40. The van der Waals surface area contributed by atoms with Gasteiger partial charge >= 0.3 is 0 Å². The smallest absolute Gasteiger partial charge is 0.274 e. The molecule has 8 nitrogen and oxygen atoms in total. The summed E-state index contributed by atoms with van der Waals surface area (Å²) in [5.74, 6) is 1.60. The predicted molar refractivity (Wildman–Crippen MR) is 118 cm³/mol. The molecule has 2 heterocycles. The van der Waals surface area contributed by atoms with Crippen LogP contribution in [0.2, 0.25) is 0 Å². The summed E-state index contributed by atoms with van der Waals surface area (Å²) < 4.78 is 16.1. The van der Waals surface area contributed by atoms with E-state index in [0.29, 0.717) is 17.5 Å². The van der Waals surface area contributed by atoms with E-state index < -0.39 is 17.4 Å². The summed E-state index contributed by atoms with van der Waals surface area (Å²) in [6.45, 7) is 5.95. The van der Waals surface area contributed by atoms with Crippen molar-refractivity contribution in [3.8, 4) is 28.5 Å². The van der Waals surface area contributed by atoms with Gasteiger partial charge in [0.05, 0.1) is 7.11 Å². The summed E-state index contributed by atoms with van der Waals surface area (Å²) in [7, 11) is 1.60. The Bertz CT molecular complexity index is 1190. The summed E-state index contributed by atoms with van der Waals surface area (Å²) >= 11 is 0. The molecule has 1 atom stereocenters. The molecule has 8 heteroatoms. The van der Waals surface area contributed by atoms with Gasteiger partial charge in [-0.15, -0.1) is 0 Å². The lowest BCUT2D eigenvalue weighted by atomic mass is 9.86. The third-order valence-corrected chi connectivity index (χ3v) is 4.98. The maximum atomic E-state index is 13.0. The van der Waals surface area contributed by atoms with Gasteiger partial charge in [-0.3, -0.25) is 4.79 Å². The van der Waals surface area contributed by atoms with Crippen molar-refractivity contribution in [1.29, 1.82) is 0 Å². The van der Waals surface area contributed by atoms with Crippen LogP contribution in [0.1, 0.15) is 43.2 Å². The maximum absolute atomic E-state index is 13.0. The highest BCUT2D eigenvalue weighted by atomic mass is 16.5. The molecule has 0 aliphatic rings. The quantitative estimate of drug-likeness (QED) is 0.461. The standard InChI is InChI=1S/C24H24N4O4/c1-24(2,3)20(23-26-21(28-32-23)16-8-6-5-7-9-16)25-22(29)18-14-19(31-27-18)15-10-12-17(30-4)13-11-15/h5-14,20H,1-4H3,(H,25,29)/t20-/m1/s1. The fraction of sp³-hybridized carbons (Fsp3) is 0.250. The van der Waals surface area contributed by atoms with Crippen molar-refractivity contribution in [3.63, 3.8) is 0 Å². The molecule has 0 bridgehead atoms. The molecule has 0 unspecified atom stereocenters. The first-order valence-corrected chi connectivity index (χ1v) is 10.2. The molecule has 0 spiro atoms. The van der Waals surface area contributed by atoms with Crippen molar-refractivity contribution < 1.29 is 18.6 Å². The molecule has 4 rings (SSSR count). The van der Waals surface area contributed by atoms with Crippen LogP contribution in [0.15, 0.2) is 69.7 Å². The highest BCUT2D eigenvalue weighted by molar-refractivity contribution is 5.93. The third-order valence-electron chi connectivity index (χ3n) is 4.98. The Morgan fingerprint density at radius 2 is 1.69 bits per heavy atom. The van der Waals surface area contributed by atoms with E-state index in [4.69, 9.17) is 13.8 Å². The molecule has 0 saturated heterocycles. The van der Waals surface area contributed by atoms with Gasteiger partial charge in [0.15, 0.2) is 11.5 Å². The molecule has 2 aromatic carbocycles. The summed E-state index contributed by atoms with van der Waals surface area (Å²) in [5, 5.41) is 11.0. The van der Waals surface area contributed by atoms with E-state index in [1.165, 1.54) is 0 Å². The second kappa shape index (κ2) is 8.66. The number of hydrogen-bond acceptors (Lipinski definition) is 7. The fourth-order valence-electron chi connectivity index (χ4n) is 3.18. The number of nitrogens with zero attached hydrogens (tertiary/aromatic N) is 3. The van der Waals surface area contributed by atoms with E-state index in [9.17, 15) is 4.79 Å². The van der Waals surface area contributed by atoms with Crippen LogP contribution < -0.4 is 10.1 Å². The molecule has 0 fully saturated rings. The summed E-state index contributed by atoms with van der Waals surface area (Å²) in [6.07, 6.45) is 0. The van der Waals surface area contributed by atoms with Crippen LogP contribution in [0, 0.1) is 5.41 Å². The van der Waals surface area contributed by atoms with E-state index in [0.717, 1.165) is 16.9 Å². The summed E-state index contributed by atoms with van der Waals surface area (Å²) in [4.78, 5) is 17.5. The minimum Gasteiger partial charge on any atom is -0.497 e. The molecule has 0 aliphatic heterocycles. The number of carbonyl (C=O) groups excluding carboxylic acids is 1. The van der Waals surface area contributed by atoms with Gasteiger partial charge in [0.2, 0.25) is 11.7 Å². The van der Waals surface area contributed by atoms with E-state index in [2.05, 4.69) is 20.6 Å². The van der Waals surface area contributed by atoms with Crippen LogP contribution in [0.3, 0.4) is 0 Å². The summed E-state index contributed by atoms with van der Waals surface area (Å²) in [5.41, 5.74) is 1.39. The molecule has 4 aromatic rings. The van der Waals surface area contributed by atoms with Crippen molar-refractivity contribution >= 4 is 5.91 Å². The molecular formula is C24H24N4O4. The Labute approximate surface area is 185 Å². The number of rotatable bonds is 6. The molecule has 1 N–H and O–H groups in total. The maximum Gasteiger partial charge on any atom is 0.274 e. The number of aromatic nitrogens is 3. The van der Waals surface area contributed by atoms with Crippen molar-refractivity contribution in [2.75, 3.05) is 7.11 Å². The Balaban J connectivity index is 1.54. The zero-order valence-corrected chi connectivity index (χ0v) is 18.3. The molecular weight excluding hydrogens is 408 g/mol. The lowest BCUT2D eigenvalue weighted by Gasteiger charge is -2.27. The van der Waals surface area contributed by atoms with Crippen molar-refractivity contribution in [2.24, 2.45) is 5.41 Å². The van der Waals surface area contributed by atoms with Crippen LogP contribution in [0.25, 0.3) is 22.7 Å². The minimum atomic E-state index is -0.527. The van der Waals surface area contributed by atoms with Gasteiger partial charge in [0, 0.05) is 17.2 Å². The third kappa shape index (κ3) is 4.54. The Kier molecular flexibility index (Phi) is 5.77. The van der Waals surface area contributed by atoms with Crippen LogP contribution in [-0.4, -0.2) is 28.3 Å². The van der Waals surface area contributed by atoms with Gasteiger partial charge < -0.3 is 19.1 Å². The first kappa shape index (κ1) is 21.3. The van der Waals surface area contributed by atoms with E-state index in [1.54, 1.807) is 13.2 Å². The first-order chi connectivity index (χ1) is 15.3. The second-order valence-corrected chi connectivity index (χ2v) is 8.40. The van der Waals surface area contributed by atoms with Crippen molar-refractivity contribution in [2.45, 2.75) is 26.8 Å². The van der Waals surface area contributed by atoms with E-state index in [-0.39, 0.29) is 5.69 Å². The Hall–Kier alpha value is -3.94. The van der Waals surface area contributed by atoms with Gasteiger partial charge in [-0.2, -0.15) is 4.98 Å². The van der Waals surface area contributed by atoms with Gasteiger partial charge in [0.1, 0.15) is 11.8 Å². The van der Waals surface area contributed by atoms with E-state index in [1.807, 2.05) is 75.4 Å². The number of methoxy groups -OCH3 is 1. The molecule has 32 heavy (non-hydrogen) atoms. The van der Waals surface area contributed by atoms with Crippen LogP contribution in [0.4, 0.5) is 0 Å². The lowest BCUT2D eigenvalue weighted by molar-refractivity contribution is 0.0871. The Morgan fingerprint density at radius 1 is 0.969 bits per heavy atom. The molecule has 0 radical (unpaired) electrons.